The number of carbonyl (C=O) groups excluding carboxylic acids is 1. The summed E-state index contributed by atoms with van der Waals surface area (Å²) in [6, 6.07) is 3.51. The summed E-state index contributed by atoms with van der Waals surface area (Å²) in [5.74, 6) is 0.891. The topological polar surface area (TPSA) is 59.8 Å². The molecular weight excluding hydrogens is 379 g/mol. The molecule has 1 aliphatic carbocycles. The molecule has 1 heterocycles. The van der Waals surface area contributed by atoms with Gasteiger partial charge in [0.1, 0.15) is 5.82 Å². The summed E-state index contributed by atoms with van der Waals surface area (Å²) in [5, 5.41) is 12.7. The van der Waals surface area contributed by atoms with Crippen molar-refractivity contribution >= 4 is 58.2 Å². The predicted molar refractivity (Wildman–Crippen MR) is 93.9 cm³/mol. The van der Waals surface area contributed by atoms with E-state index in [-0.39, 0.29) is 11.7 Å². The highest BCUT2D eigenvalue weighted by molar-refractivity contribution is 7.99. The molecule has 1 aromatic carbocycles. The van der Waals surface area contributed by atoms with Crippen LogP contribution in [0, 0.1) is 6.92 Å². The molecule has 122 valence electrons. The van der Waals surface area contributed by atoms with Crippen LogP contribution in [0.3, 0.4) is 0 Å². The Balaban J connectivity index is 1.63. The van der Waals surface area contributed by atoms with E-state index in [4.69, 9.17) is 34.8 Å². The van der Waals surface area contributed by atoms with Crippen LogP contribution in [0.1, 0.15) is 24.7 Å². The Morgan fingerprint density at radius 2 is 1.96 bits per heavy atom. The number of thioether (sulfide) groups is 1. The second kappa shape index (κ2) is 6.89. The zero-order chi connectivity index (χ0) is 16.6. The number of halogens is 3. The second-order valence-corrected chi connectivity index (χ2v) is 7.38. The molecule has 0 saturated heterocycles. The predicted octanol–water partition coefficient (Wildman–Crippen LogP) is 4.61. The first-order valence-corrected chi connectivity index (χ1v) is 9.06. The Kier molecular flexibility index (Phi) is 5.06. The largest absolute Gasteiger partial charge is 0.324 e. The van der Waals surface area contributed by atoms with Gasteiger partial charge in [-0.25, -0.2) is 0 Å². The van der Waals surface area contributed by atoms with E-state index >= 15 is 0 Å². The molecule has 1 aromatic heterocycles. The maximum atomic E-state index is 12.1. The van der Waals surface area contributed by atoms with Crippen molar-refractivity contribution in [2.75, 3.05) is 11.1 Å². The fourth-order valence-electron chi connectivity index (χ4n) is 2.14. The van der Waals surface area contributed by atoms with Crippen molar-refractivity contribution in [3.8, 4) is 0 Å². The Morgan fingerprint density at radius 3 is 2.65 bits per heavy atom. The fourth-order valence-corrected chi connectivity index (χ4v) is 3.58. The minimum absolute atomic E-state index is 0.196. The van der Waals surface area contributed by atoms with Gasteiger partial charge in [-0.15, -0.1) is 10.2 Å². The highest BCUT2D eigenvalue weighted by atomic mass is 35.5. The molecule has 0 atom stereocenters. The molecule has 9 heteroatoms. The summed E-state index contributed by atoms with van der Waals surface area (Å²) in [4.78, 5) is 12.1. The third-order valence-electron chi connectivity index (χ3n) is 3.36. The van der Waals surface area contributed by atoms with Crippen LogP contribution in [0.2, 0.25) is 15.1 Å². The summed E-state index contributed by atoms with van der Waals surface area (Å²) < 4.78 is 2.09. The molecule has 1 amide bonds. The van der Waals surface area contributed by atoms with Crippen LogP contribution in [0.25, 0.3) is 0 Å². The zero-order valence-corrected chi connectivity index (χ0v) is 15.2. The minimum Gasteiger partial charge on any atom is -0.324 e. The smallest absolute Gasteiger partial charge is 0.234 e. The Labute approximate surface area is 152 Å². The van der Waals surface area contributed by atoms with Crippen molar-refractivity contribution in [1.82, 2.24) is 14.8 Å². The monoisotopic (exact) mass is 390 g/mol. The van der Waals surface area contributed by atoms with E-state index in [2.05, 4.69) is 20.1 Å². The highest BCUT2D eigenvalue weighted by Gasteiger charge is 2.28. The van der Waals surface area contributed by atoms with Crippen LogP contribution in [-0.4, -0.2) is 26.4 Å². The van der Waals surface area contributed by atoms with E-state index in [9.17, 15) is 4.79 Å². The van der Waals surface area contributed by atoms with Gasteiger partial charge in [0.05, 0.1) is 26.5 Å². The van der Waals surface area contributed by atoms with E-state index in [0.29, 0.717) is 26.8 Å². The molecule has 23 heavy (non-hydrogen) atoms. The lowest BCUT2D eigenvalue weighted by Gasteiger charge is -2.09. The van der Waals surface area contributed by atoms with Gasteiger partial charge in [-0.05, 0) is 31.9 Å². The van der Waals surface area contributed by atoms with Crippen LogP contribution >= 0.6 is 46.6 Å². The number of nitrogens with zero attached hydrogens (tertiary/aromatic N) is 3. The summed E-state index contributed by atoms with van der Waals surface area (Å²) in [6.07, 6.45) is 2.27. The van der Waals surface area contributed by atoms with Gasteiger partial charge in [0.25, 0.3) is 0 Å². The molecule has 1 saturated carbocycles. The van der Waals surface area contributed by atoms with Crippen molar-refractivity contribution in [2.45, 2.75) is 31.0 Å². The number of aryl methyl sites for hydroxylation is 1. The molecule has 1 fully saturated rings. The van der Waals surface area contributed by atoms with Gasteiger partial charge in [-0.3, -0.25) is 4.79 Å². The molecule has 1 aliphatic rings. The van der Waals surface area contributed by atoms with Gasteiger partial charge in [0.2, 0.25) is 5.91 Å². The maximum absolute atomic E-state index is 12.1. The Morgan fingerprint density at radius 1 is 1.26 bits per heavy atom. The number of carbonyl (C=O) groups is 1. The lowest BCUT2D eigenvalue weighted by molar-refractivity contribution is -0.113. The highest BCUT2D eigenvalue weighted by Crippen LogP contribution is 2.38. The first-order chi connectivity index (χ1) is 11.0. The number of hydrogen-bond donors (Lipinski definition) is 1. The summed E-state index contributed by atoms with van der Waals surface area (Å²) in [6.45, 7) is 1.92. The number of aromatic nitrogens is 3. The number of amides is 1. The van der Waals surface area contributed by atoms with Crippen LogP contribution in [0.5, 0.6) is 0 Å². The number of benzene rings is 1. The number of anilines is 1. The molecule has 0 unspecified atom stereocenters. The second-order valence-electron chi connectivity index (χ2n) is 5.21. The number of nitrogens with one attached hydrogen (secondary N) is 1. The lowest BCUT2D eigenvalue weighted by Crippen LogP contribution is -2.15. The average molecular weight is 392 g/mol. The third-order valence-corrected chi connectivity index (χ3v) is 5.34. The fraction of sp³-hybridized carbons (Fsp3) is 0.357. The van der Waals surface area contributed by atoms with Gasteiger partial charge in [0.15, 0.2) is 5.16 Å². The Hall–Kier alpha value is -0.950. The zero-order valence-electron chi connectivity index (χ0n) is 12.1. The summed E-state index contributed by atoms with van der Waals surface area (Å²) >= 11 is 19.2. The van der Waals surface area contributed by atoms with Crippen molar-refractivity contribution in [3.63, 3.8) is 0 Å². The average Bonchev–Trinajstić information content (AvgIpc) is 3.26. The summed E-state index contributed by atoms with van der Waals surface area (Å²) in [5.41, 5.74) is 0.437. The van der Waals surface area contributed by atoms with Gasteiger partial charge in [0, 0.05) is 6.04 Å². The molecule has 0 bridgehead atoms. The first kappa shape index (κ1) is 16.9. The SMILES string of the molecule is Cc1nnc(SCC(=O)Nc2cc(Cl)c(Cl)cc2Cl)n1C1CC1. The van der Waals surface area contributed by atoms with E-state index < -0.39 is 0 Å². The van der Waals surface area contributed by atoms with Crippen LogP contribution < -0.4 is 5.32 Å². The van der Waals surface area contributed by atoms with Gasteiger partial charge in [-0.1, -0.05) is 46.6 Å². The number of rotatable bonds is 5. The minimum atomic E-state index is -0.196. The Bertz CT molecular complexity index is 761. The molecular formula is C14H13Cl3N4OS. The summed E-state index contributed by atoms with van der Waals surface area (Å²) in [7, 11) is 0. The molecule has 5 nitrogen and oxygen atoms in total. The standard InChI is InChI=1S/C14H13Cl3N4OS/c1-7-19-20-14(21(7)8-2-3-8)23-6-13(22)18-12-5-10(16)9(15)4-11(12)17/h4-5,8H,2-3,6H2,1H3,(H,18,22). The van der Waals surface area contributed by atoms with Crippen molar-refractivity contribution in [2.24, 2.45) is 0 Å². The van der Waals surface area contributed by atoms with Crippen LogP contribution in [0.4, 0.5) is 5.69 Å². The van der Waals surface area contributed by atoms with E-state index in [1.807, 2.05) is 6.92 Å². The maximum Gasteiger partial charge on any atom is 0.234 e. The lowest BCUT2D eigenvalue weighted by atomic mass is 10.3. The first-order valence-electron chi connectivity index (χ1n) is 6.94. The van der Waals surface area contributed by atoms with Gasteiger partial charge < -0.3 is 9.88 Å². The molecule has 3 rings (SSSR count). The molecule has 0 aliphatic heterocycles. The molecule has 1 N–H and O–H groups in total. The van der Waals surface area contributed by atoms with Crippen LogP contribution in [0.15, 0.2) is 17.3 Å². The normalized spacial score (nSPS) is 14.1. The van der Waals surface area contributed by atoms with E-state index in [0.717, 1.165) is 23.8 Å². The molecule has 0 spiro atoms. The van der Waals surface area contributed by atoms with E-state index in [1.165, 1.54) is 23.9 Å². The van der Waals surface area contributed by atoms with E-state index in [1.54, 1.807) is 0 Å². The number of hydrogen-bond acceptors (Lipinski definition) is 4. The third kappa shape index (κ3) is 3.94. The van der Waals surface area contributed by atoms with Crippen molar-refractivity contribution in [1.29, 1.82) is 0 Å². The molecule has 0 radical (unpaired) electrons. The van der Waals surface area contributed by atoms with Gasteiger partial charge >= 0.3 is 0 Å². The van der Waals surface area contributed by atoms with Gasteiger partial charge in [-0.2, -0.15) is 0 Å². The van der Waals surface area contributed by atoms with Crippen LogP contribution in [-0.2, 0) is 4.79 Å². The molecule has 2 aromatic rings. The van der Waals surface area contributed by atoms with Crippen molar-refractivity contribution in [3.05, 3.63) is 33.0 Å². The van der Waals surface area contributed by atoms with Crippen molar-refractivity contribution < 1.29 is 4.79 Å². The quantitative estimate of drug-likeness (QED) is 0.597.